The van der Waals surface area contributed by atoms with Gasteiger partial charge in [0.15, 0.2) is 16.6 Å². The Labute approximate surface area is 217 Å². The standard InChI is InChI=1S/C30H29N3O2S/c1-22-10-9-15-27(23(22)2)32-30(36)33-31-19-26-16-17-28(34-20-24-11-5-3-6-12-24)29(18-26)35-21-25-13-7-4-8-14-25/h3-19H,20-21H2,1-2H3,(H2,32,33,36)/b31-19+. The van der Waals surface area contributed by atoms with Crippen molar-refractivity contribution in [2.75, 3.05) is 5.32 Å². The summed E-state index contributed by atoms with van der Waals surface area (Å²) in [5, 5.41) is 7.91. The molecule has 0 saturated carbocycles. The van der Waals surface area contributed by atoms with Crippen LogP contribution in [0.2, 0.25) is 0 Å². The summed E-state index contributed by atoms with van der Waals surface area (Å²) >= 11 is 5.40. The summed E-state index contributed by atoms with van der Waals surface area (Å²) in [6.07, 6.45) is 1.70. The van der Waals surface area contributed by atoms with E-state index >= 15 is 0 Å². The Bertz CT molecular complexity index is 1320. The molecule has 6 heteroatoms. The van der Waals surface area contributed by atoms with Gasteiger partial charge in [-0.15, -0.1) is 0 Å². The molecular formula is C30H29N3O2S. The normalized spacial score (nSPS) is 10.7. The van der Waals surface area contributed by atoms with Gasteiger partial charge in [-0.05, 0) is 78.1 Å². The van der Waals surface area contributed by atoms with Crippen LogP contribution < -0.4 is 20.2 Å². The van der Waals surface area contributed by atoms with Gasteiger partial charge in [-0.25, -0.2) is 0 Å². The summed E-state index contributed by atoms with van der Waals surface area (Å²) in [7, 11) is 0. The number of nitrogens with zero attached hydrogens (tertiary/aromatic N) is 1. The lowest BCUT2D eigenvalue weighted by Gasteiger charge is -2.14. The number of rotatable bonds is 9. The average Bonchev–Trinajstić information content (AvgIpc) is 2.90. The summed E-state index contributed by atoms with van der Waals surface area (Å²) in [4.78, 5) is 0. The van der Waals surface area contributed by atoms with Crippen LogP contribution in [0.4, 0.5) is 5.69 Å². The third-order valence-electron chi connectivity index (χ3n) is 5.67. The van der Waals surface area contributed by atoms with Crippen molar-refractivity contribution >= 4 is 29.2 Å². The molecule has 0 heterocycles. The molecule has 0 amide bonds. The van der Waals surface area contributed by atoms with Gasteiger partial charge in [-0.3, -0.25) is 5.43 Å². The molecule has 4 aromatic rings. The first-order chi connectivity index (χ1) is 17.6. The molecule has 0 bridgehead atoms. The Hall–Kier alpha value is -4.16. The van der Waals surface area contributed by atoms with E-state index in [1.54, 1.807) is 6.21 Å². The largest absolute Gasteiger partial charge is 0.485 e. The van der Waals surface area contributed by atoms with Crippen LogP contribution in [0.25, 0.3) is 0 Å². The minimum absolute atomic E-state index is 0.420. The zero-order valence-electron chi connectivity index (χ0n) is 20.4. The molecule has 0 fully saturated rings. The van der Waals surface area contributed by atoms with E-state index in [1.165, 1.54) is 5.56 Å². The van der Waals surface area contributed by atoms with Crippen LogP contribution in [0.5, 0.6) is 11.5 Å². The zero-order valence-corrected chi connectivity index (χ0v) is 21.2. The zero-order chi connectivity index (χ0) is 25.2. The molecule has 0 radical (unpaired) electrons. The summed E-state index contributed by atoms with van der Waals surface area (Å²) in [6.45, 7) is 5.02. The van der Waals surface area contributed by atoms with Gasteiger partial charge in [-0.1, -0.05) is 72.8 Å². The quantitative estimate of drug-likeness (QED) is 0.152. The van der Waals surface area contributed by atoms with E-state index in [-0.39, 0.29) is 0 Å². The molecule has 0 saturated heterocycles. The molecule has 0 aliphatic rings. The summed E-state index contributed by atoms with van der Waals surface area (Å²) in [5.74, 6) is 1.32. The van der Waals surface area contributed by atoms with E-state index < -0.39 is 0 Å². The average molecular weight is 496 g/mol. The Morgan fingerprint density at radius 2 is 1.42 bits per heavy atom. The van der Waals surface area contributed by atoms with Gasteiger partial charge in [0.2, 0.25) is 0 Å². The number of hydrogen-bond donors (Lipinski definition) is 2. The molecule has 0 aliphatic carbocycles. The lowest BCUT2D eigenvalue weighted by Crippen LogP contribution is -2.24. The molecule has 5 nitrogen and oxygen atoms in total. The topological polar surface area (TPSA) is 54.9 Å². The minimum atomic E-state index is 0.420. The van der Waals surface area contributed by atoms with Crippen molar-refractivity contribution in [3.05, 3.63) is 125 Å². The third kappa shape index (κ3) is 7.17. The number of hydrazone groups is 1. The van der Waals surface area contributed by atoms with E-state index in [1.807, 2.05) is 91.0 Å². The molecule has 0 aliphatic heterocycles. The Balaban J connectivity index is 1.43. The highest BCUT2D eigenvalue weighted by Crippen LogP contribution is 2.30. The summed E-state index contributed by atoms with van der Waals surface area (Å²) in [6, 6.07) is 31.9. The molecule has 0 aromatic heterocycles. The van der Waals surface area contributed by atoms with E-state index in [9.17, 15) is 0 Å². The van der Waals surface area contributed by atoms with E-state index in [4.69, 9.17) is 21.7 Å². The van der Waals surface area contributed by atoms with Crippen LogP contribution >= 0.6 is 12.2 Å². The van der Waals surface area contributed by atoms with Gasteiger partial charge in [0.05, 0.1) is 6.21 Å². The van der Waals surface area contributed by atoms with Crippen LogP contribution in [0.15, 0.2) is 102 Å². The highest BCUT2D eigenvalue weighted by molar-refractivity contribution is 7.80. The molecule has 36 heavy (non-hydrogen) atoms. The number of thiocarbonyl (C=S) groups is 1. The van der Waals surface area contributed by atoms with Crippen LogP contribution in [-0.4, -0.2) is 11.3 Å². The second kappa shape index (κ2) is 12.5. The van der Waals surface area contributed by atoms with Gasteiger partial charge in [0.1, 0.15) is 13.2 Å². The van der Waals surface area contributed by atoms with Crippen molar-refractivity contribution in [3.63, 3.8) is 0 Å². The number of anilines is 1. The van der Waals surface area contributed by atoms with E-state index in [0.717, 1.165) is 27.9 Å². The first-order valence-corrected chi connectivity index (χ1v) is 12.1. The van der Waals surface area contributed by atoms with Gasteiger partial charge in [-0.2, -0.15) is 5.10 Å². The SMILES string of the molecule is Cc1cccc(NC(=S)N/N=C/c2ccc(OCc3ccccc3)c(OCc3ccccc3)c2)c1C. The Kier molecular flexibility index (Phi) is 8.67. The van der Waals surface area contributed by atoms with Crippen LogP contribution in [0.3, 0.4) is 0 Å². The third-order valence-corrected chi connectivity index (χ3v) is 5.87. The molecule has 0 atom stereocenters. The fourth-order valence-electron chi connectivity index (χ4n) is 3.51. The Morgan fingerprint density at radius 3 is 2.08 bits per heavy atom. The first kappa shape index (κ1) is 24.9. The number of benzene rings is 4. The maximum atomic E-state index is 6.14. The maximum Gasteiger partial charge on any atom is 0.191 e. The molecular weight excluding hydrogens is 466 g/mol. The van der Waals surface area contributed by atoms with Crippen molar-refractivity contribution in [1.82, 2.24) is 5.43 Å². The Morgan fingerprint density at radius 1 is 0.778 bits per heavy atom. The highest BCUT2D eigenvalue weighted by atomic mass is 32.1. The molecule has 0 unspecified atom stereocenters. The van der Waals surface area contributed by atoms with Crippen molar-refractivity contribution in [2.45, 2.75) is 27.1 Å². The predicted octanol–water partition coefficient (Wildman–Crippen LogP) is 6.78. The van der Waals surface area contributed by atoms with Crippen LogP contribution in [-0.2, 0) is 13.2 Å². The maximum absolute atomic E-state index is 6.14. The van der Waals surface area contributed by atoms with Crippen molar-refractivity contribution < 1.29 is 9.47 Å². The van der Waals surface area contributed by atoms with Crippen molar-refractivity contribution in [3.8, 4) is 11.5 Å². The van der Waals surface area contributed by atoms with Gasteiger partial charge < -0.3 is 14.8 Å². The summed E-state index contributed by atoms with van der Waals surface area (Å²) < 4.78 is 12.2. The molecule has 2 N–H and O–H groups in total. The van der Waals surface area contributed by atoms with Crippen molar-refractivity contribution in [1.29, 1.82) is 0 Å². The van der Waals surface area contributed by atoms with Gasteiger partial charge >= 0.3 is 0 Å². The lowest BCUT2D eigenvalue weighted by atomic mass is 10.1. The van der Waals surface area contributed by atoms with E-state index in [2.05, 4.69) is 35.8 Å². The number of nitrogens with one attached hydrogen (secondary N) is 2. The number of ether oxygens (including phenoxy) is 2. The second-order valence-electron chi connectivity index (χ2n) is 8.33. The minimum Gasteiger partial charge on any atom is -0.485 e. The number of hydrogen-bond acceptors (Lipinski definition) is 4. The van der Waals surface area contributed by atoms with Gasteiger partial charge in [0, 0.05) is 5.69 Å². The smallest absolute Gasteiger partial charge is 0.191 e. The van der Waals surface area contributed by atoms with Crippen molar-refractivity contribution in [2.24, 2.45) is 5.10 Å². The molecule has 4 rings (SSSR count). The number of aryl methyl sites for hydroxylation is 1. The van der Waals surface area contributed by atoms with E-state index in [0.29, 0.717) is 29.8 Å². The summed E-state index contributed by atoms with van der Waals surface area (Å²) in [5.41, 5.74) is 9.21. The highest BCUT2D eigenvalue weighted by Gasteiger charge is 2.08. The van der Waals surface area contributed by atoms with Crippen LogP contribution in [0.1, 0.15) is 27.8 Å². The lowest BCUT2D eigenvalue weighted by molar-refractivity contribution is 0.256. The molecule has 0 spiro atoms. The molecule has 182 valence electrons. The molecule has 4 aromatic carbocycles. The van der Waals surface area contributed by atoms with Gasteiger partial charge in [0.25, 0.3) is 0 Å². The van der Waals surface area contributed by atoms with Crippen LogP contribution in [0, 0.1) is 13.8 Å². The fourth-order valence-corrected chi connectivity index (χ4v) is 3.67. The first-order valence-electron chi connectivity index (χ1n) is 11.7. The fraction of sp³-hybridized carbons (Fsp3) is 0.133. The predicted molar refractivity (Wildman–Crippen MR) is 151 cm³/mol. The monoisotopic (exact) mass is 495 g/mol. The second-order valence-corrected chi connectivity index (χ2v) is 8.73.